The van der Waals surface area contributed by atoms with Crippen molar-refractivity contribution < 1.29 is 9.21 Å². The average Bonchev–Trinajstić information content (AvgIpc) is 3.18. The number of fused-ring (bicyclic) bond motifs is 1. The molecule has 1 N–H and O–H groups in total. The van der Waals surface area contributed by atoms with Crippen LogP contribution in [0.4, 0.5) is 5.82 Å². The Balaban J connectivity index is 1.87. The van der Waals surface area contributed by atoms with E-state index in [1.807, 2.05) is 37.3 Å². The van der Waals surface area contributed by atoms with E-state index in [1.165, 1.54) is 0 Å². The summed E-state index contributed by atoms with van der Waals surface area (Å²) in [6.07, 6.45) is 1.62. The van der Waals surface area contributed by atoms with Crippen molar-refractivity contribution in [2.24, 2.45) is 0 Å². The molecule has 0 aliphatic heterocycles. The fraction of sp³-hybridized carbons (Fsp3) is 0.136. The van der Waals surface area contributed by atoms with Crippen molar-refractivity contribution in [1.82, 2.24) is 9.78 Å². The lowest BCUT2D eigenvalue weighted by atomic mass is 10.0. The molecule has 0 unspecified atom stereocenters. The second kappa shape index (κ2) is 7.15. The van der Waals surface area contributed by atoms with Crippen LogP contribution in [0.15, 0.2) is 70.0 Å². The third-order valence-corrected chi connectivity index (χ3v) is 4.68. The number of rotatable bonds is 4. The van der Waals surface area contributed by atoms with E-state index in [4.69, 9.17) is 4.42 Å². The van der Waals surface area contributed by atoms with Crippen LogP contribution in [0.3, 0.4) is 0 Å². The zero-order valence-corrected chi connectivity index (χ0v) is 15.6. The van der Waals surface area contributed by atoms with Crippen LogP contribution in [0.1, 0.15) is 22.8 Å². The molecule has 6 nitrogen and oxygen atoms in total. The lowest BCUT2D eigenvalue weighted by molar-refractivity contribution is 0.102. The van der Waals surface area contributed by atoms with Gasteiger partial charge in [-0.3, -0.25) is 9.59 Å². The minimum Gasteiger partial charge on any atom is -0.455 e. The number of aryl methyl sites for hydroxylation is 1. The van der Waals surface area contributed by atoms with E-state index >= 15 is 0 Å². The molecule has 2 aromatic carbocycles. The van der Waals surface area contributed by atoms with E-state index in [9.17, 15) is 9.59 Å². The van der Waals surface area contributed by atoms with E-state index < -0.39 is 0 Å². The number of hydrogen-bond donors (Lipinski definition) is 1. The molecule has 4 aromatic rings. The SMILES string of the molecule is CCn1nccc1NC(=O)c1cccc2c(=O)c(C)c(-c3ccccc3)oc12. The van der Waals surface area contributed by atoms with Crippen LogP contribution in [0.25, 0.3) is 22.3 Å². The number of benzene rings is 2. The normalized spacial score (nSPS) is 10.9. The number of amides is 1. The molecule has 0 atom stereocenters. The predicted octanol–water partition coefficient (Wildman–Crippen LogP) is 4.24. The molecule has 140 valence electrons. The number of hydrogen-bond acceptors (Lipinski definition) is 4. The summed E-state index contributed by atoms with van der Waals surface area (Å²) in [4.78, 5) is 25.8. The van der Waals surface area contributed by atoms with Gasteiger partial charge in [-0.2, -0.15) is 5.10 Å². The van der Waals surface area contributed by atoms with Crippen molar-refractivity contribution in [2.75, 3.05) is 5.32 Å². The molecule has 2 heterocycles. The maximum Gasteiger partial charge on any atom is 0.260 e. The molecule has 0 spiro atoms. The molecular weight excluding hydrogens is 354 g/mol. The van der Waals surface area contributed by atoms with Crippen LogP contribution in [-0.2, 0) is 6.54 Å². The van der Waals surface area contributed by atoms with Gasteiger partial charge in [0.15, 0.2) is 11.0 Å². The molecule has 0 saturated heterocycles. The highest BCUT2D eigenvalue weighted by Crippen LogP contribution is 2.27. The minimum atomic E-state index is -0.355. The van der Waals surface area contributed by atoms with Crippen LogP contribution < -0.4 is 10.7 Å². The molecule has 0 aliphatic rings. The second-order valence-corrected chi connectivity index (χ2v) is 6.42. The summed E-state index contributed by atoms with van der Waals surface area (Å²) in [6.45, 7) is 4.30. The van der Waals surface area contributed by atoms with Gasteiger partial charge < -0.3 is 9.73 Å². The van der Waals surface area contributed by atoms with Gasteiger partial charge >= 0.3 is 0 Å². The summed E-state index contributed by atoms with van der Waals surface area (Å²) in [5.41, 5.74) is 1.74. The van der Waals surface area contributed by atoms with E-state index in [0.29, 0.717) is 34.6 Å². The van der Waals surface area contributed by atoms with Crippen molar-refractivity contribution in [2.45, 2.75) is 20.4 Å². The standard InChI is InChI=1S/C22H19N3O3/c1-3-25-18(12-13-23-25)24-22(27)17-11-7-10-16-19(26)14(2)20(28-21(16)17)15-8-5-4-6-9-15/h4-13H,3H2,1-2H3,(H,24,27). The Morgan fingerprint density at radius 3 is 2.64 bits per heavy atom. The molecule has 0 aliphatic carbocycles. The Morgan fingerprint density at radius 1 is 1.11 bits per heavy atom. The van der Waals surface area contributed by atoms with Crippen molar-refractivity contribution >= 4 is 22.7 Å². The maximum absolute atomic E-state index is 12.9. The minimum absolute atomic E-state index is 0.145. The van der Waals surface area contributed by atoms with Gasteiger partial charge in [0.2, 0.25) is 0 Å². The molecule has 0 radical (unpaired) electrons. The Kier molecular flexibility index (Phi) is 4.53. The summed E-state index contributed by atoms with van der Waals surface area (Å²) < 4.78 is 7.78. The number of para-hydroxylation sites is 1. The number of carbonyl (C=O) groups is 1. The highest BCUT2D eigenvalue weighted by molar-refractivity contribution is 6.11. The third kappa shape index (κ3) is 2.99. The van der Waals surface area contributed by atoms with Gasteiger partial charge in [-0.15, -0.1) is 0 Å². The van der Waals surface area contributed by atoms with Crippen LogP contribution in [0, 0.1) is 6.92 Å². The molecule has 4 rings (SSSR count). The number of anilines is 1. The number of nitrogens with zero attached hydrogens (tertiary/aromatic N) is 2. The molecule has 0 saturated carbocycles. The predicted molar refractivity (Wildman–Crippen MR) is 109 cm³/mol. The van der Waals surface area contributed by atoms with Crippen molar-refractivity contribution in [3.63, 3.8) is 0 Å². The summed E-state index contributed by atoms with van der Waals surface area (Å²) in [5, 5.41) is 7.38. The van der Waals surface area contributed by atoms with E-state index in [-0.39, 0.29) is 16.9 Å². The highest BCUT2D eigenvalue weighted by atomic mass is 16.3. The summed E-state index contributed by atoms with van der Waals surface area (Å²) in [7, 11) is 0. The summed E-state index contributed by atoms with van der Waals surface area (Å²) >= 11 is 0. The van der Waals surface area contributed by atoms with Gasteiger partial charge in [0.25, 0.3) is 5.91 Å². The fourth-order valence-electron chi connectivity index (χ4n) is 3.23. The topological polar surface area (TPSA) is 77.1 Å². The van der Waals surface area contributed by atoms with Crippen LogP contribution in [0.5, 0.6) is 0 Å². The van der Waals surface area contributed by atoms with Crippen LogP contribution >= 0.6 is 0 Å². The van der Waals surface area contributed by atoms with E-state index in [1.54, 1.807) is 42.1 Å². The third-order valence-electron chi connectivity index (χ3n) is 4.68. The Bertz CT molecular complexity index is 1220. The van der Waals surface area contributed by atoms with Gasteiger partial charge in [0.1, 0.15) is 11.6 Å². The van der Waals surface area contributed by atoms with Crippen molar-refractivity contribution in [1.29, 1.82) is 0 Å². The molecule has 0 fully saturated rings. The first-order chi connectivity index (χ1) is 13.6. The zero-order valence-electron chi connectivity index (χ0n) is 15.6. The van der Waals surface area contributed by atoms with E-state index in [2.05, 4.69) is 10.4 Å². The smallest absolute Gasteiger partial charge is 0.260 e. The van der Waals surface area contributed by atoms with Crippen LogP contribution in [-0.4, -0.2) is 15.7 Å². The molecule has 0 bridgehead atoms. The molecule has 6 heteroatoms. The van der Waals surface area contributed by atoms with Crippen LogP contribution in [0.2, 0.25) is 0 Å². The first-order valence-electron chi connectivity index (χ1n) is 9.05. The lowest BCUT2D eigenvalue weighted by Crippen LogP contribution is -2.17. The van der Waals surface area contributed by atoms with Gasteiger partial charge in [-0.05, 0) is 26.0 Å². The van der Waals surface area contributed by atoms with E-state index in [0.717, 1.165) is 5.56 Å². The van der Waals surface area contributed by atoms with Gasteiger partial charge in [-0.25, -0.2) is 4.68 Å². The monoisotopic (exact) mass is 373 g/mol. The lowest BCUT2D eigenvalue weighted by Gasteiger charge is -2.11. The summed E-state index contributed by atoms with van der Waals surface area (Å²) in [5.74, 6) is 0.700. The first kappa shape index (κ1) is 17.7. The Labute approximate surface area is 161 Å². The van der Waals surface area contributed by atoms with Gasteiger partial charge in [0, 0.05) is 23.7 Å². The summed E-state index contributed by atoms with van der Waals surface area (Å²) in [6, 6.07) is 16.1. The Morgan fingerprint density at radius 2 is 1.89 bits per heavy atom. The van der Waals surface area contributed by atoms with Crippen molar-refractivity contribution in [3.05, 3.63) is 82.1 Å². The molecular formula is C22H19N3O3. The fourth-order valence-corrected chi connectivity index (χ4v) is 3.23. The molecule has 28 heavy (non-hydrogen) atoms. The maximum atomic E-state index is 12.9. The average molecular weight is 373 g/mol. The van der Waals surface area contributed by atoms with Crippen molar-refractivity contribution in [3.8, 4) is 11.3 Å². The van der Waals surface area contributed by atoms with Gasteiger partial charge in [0.05, 0.1) is 17.1 Å². The Hall–Kier alpha value is -3.67. The number of carbonyl (C=O) groups excluding carboxylic acids is 1. The number of aromatic nitrogens is 2. The van der Waals surface area contributed by atoms with Gasteiger partial charge in [-0.1, -0.05) is 36.4 Å². The zero-order chi connectivity index (χ0) is 19.7. The largest absolute Gasteiger partial charge is 0.455 e. The molecule has 1 amide bonds. The first-order valence-corrected chi connectivity index (χ1v) is 9.05. The second-order valence-electron chi connectivity index (χ2n) is 6.42. The molecule has 2 aromatic heterocycles. The number of nitrogens with one attached hydrogen (secondary N) is 1. The highest BCUT2D eigenvalue weighted by Gasteiger charge is 2.19. The quantitative estimate of drug-likeness (QED) is 0.580.